The number of benzene rings is 2. The van der Waals surface area contributed by atoms with Gasteiger partial charge in [-0.05, 0) is 29.4 Å². The van der Waals surface area contributed by atoms with Crippen LogP contribution in [0.3, 0.4) is 0 Å². The molecule has 3 aromatic rings. The molecule has 0 spiro atoms. The molecule has 1 aromatic heterocycles. The van der Waals surface area contributed by atoms with Gasteiger partial charge in [0, 0.05) is 17.7 Å². The van der Waals surface area contributed by atoms with E-state index in [1.807, 2.05) is 18.2 Å². The Morgan fingerprint density at radius 1 is 1.19 bits per heavy atom. The molecule has 9 N–H and O–H groups in total. The number of para-hydroxylation sites is 1. The van der Waals surface area contributed by atoms with Crippen LogP contribution in [0.4, 0.5) is 0 Å². The Kier molecular flexibility index (Phi) is 5.89. The maximum absolute atomic E-state index is 12.6. The Balaban J connectivity index is 2.35. The highest BCUT2D eigenvalue weighted by Gasteiger charge is 2.32. The lowest BCUT2D eigenvalue weighted by molar-refractivity contribution is 0.583. The van der Waals surface area contributed by atoms with Crippen molar-refractivity contribution in [3.8, 4) is 11.1 Å². The molecule has 0 fully saturated rings. The lowest BCUT2D eigenvalue weighted by Gasteiger charge is -2.18. The number of nitrogens with two attached hydrogens (primary N) is 4. The van der Waals surface area contributed by atoms with E-state index in [2.05, 4.69) is 15.1 Å². The molecule has 11 heteroatoms. The smallest absolute Gasteiger partial charge is 0.239 e. The number of rotatable bonds is 6. The number of amidine groups is 1. The van der Waals surface area contributed by atoms with Crippen LogP contribution in [0.25, 0.3) is 22.2 Å². The summed E-state index contributed by atoms with van der Waals surface area (Å²) in [6, 6.07) is 8.88. The van der Waals surface area contributed by atoms with Gasteiger partial charge in [0.2, 0.25) is 9.79 Å². The average Bonchev–Trinajstić information content (AvgIpc) is 3.15. The quantitative estimate of drug-likeness (QED) is 0.124. The number of H-pyrrole nitrogens is 1. The van der Waals surface area contributed by atoms with Crippen molar-refractivity contribution in [1.82, 2.24) is 9.97 Å². The highest BCUT2D eigenvalue weighted by Crippen LogP contribution is 2.35. The van der Waals surface area contributed by atoms with Crippen molar-refractivity contribution in [3.63, 3.8) is 0 Å². The first-order valence-corrected chi connectivity index (χ1v) is 10.4. The van der Waals surface area contributed by atoms with E-state index in [-0.39, 0.29) is 28.6 Å². The van der Waals surface area contributed by atoms with E-state index in [1.165, 1.54) is 0 Å². The van der Waals surface area contributed by atoms with E-state index in [0.29, 0.717) is 16.0 Å². The third-order valence-corrected chi connectivity index (χ3v) is 6.40. The van der Waals surface area contributed by atoms with Crippen molar-refractivity contribution >= 4 is 39.4 Å². The third kappa shape index (κ3) is 3.60. The second kappa shape index (κ2) is 8.17. The van der Waals surface area contributed by atoms with Crippen molar-refractivity contribution < 1.29 is 9.11 Å². The Morgan fingerprint density at radius 3 is 2.63 bits per heavy atom. The van der Waals surface area contributed by atoms with E-state index >= 15 is 0 Å². The maximum atomic E-state index is 12.6. The van der Waals surface area contributed by atoms with Crippen molar-refractivity contribution in [2.75, 3.05) is 12.3 Å². The molecule has 9 nitrogen and oxygen atoms in total. The number of nitrogens with one attached hydrogen (secondary N) is 1. The molecule has 0 aliphatic heterocycles. The zero-order valence-corrected chi connectivity index (χ0v) is 15.8. The van der Waals surface area contributed by atoms with Crippen LogP contribution >= 0.6 is 0 Å². The summed E-state index contributed by atoms with van der Waals surface area (Å²) in [6.07, 6.45) is 1.57. The number of hydrogen-bond donors (Lipinski definition) is 5. The number of aromatic amines is 1. The van der Waals surface area contributed by atoms with E-state index in [0.717, 1.165) is 11.1 Å². The summed E-state index contributed by atoms with van der Waals surface area (Å²) in [4.78, 5) is 7.78. The standard InChI is InChI=1S/C16H19N7O2S2/c17-6-7-26(24)12-5-4-9(13(16(18)23-19)15(12)27(20)25)10-2-1-3-11-14(10)22-8-21-11/h1-5,8H,6-7,17,19-20H2,(H2,18,23)(H,21,22). The number of hydrazone groups is 1. The summed E-state index contributed by atoms with van der Waals surface area (Å²) < 4.78 is 24.9. The van der Waals surface area contributed by atoms with Crippen molar-refractivity contribution in [2.24, 2.45) is 27.6 Å². The average molecular weight is 406 g/mol. The Labute approximate surface area is 161 Å². The topological polar surface area (TPSA) is 191 Å². The van der Waals surface area contributed by atoms with Crippen molar-refractivity contribution in [3.05, 3.63) is 42.2 Å². The molecule has 27 heavy (non-hydrogen) atoms. The van der Waals surface area contributed by atoms with Gasteiger partial charge < -0.3 is 31.4 Å². The number of nitrogens with zero attached hydrogens (tertiary/aromatic N) is 2. The van der Waals surface area contributed by atoms with Gasteiger partial charge in [0.05, 0.1) is 34.3 Å². The van der Waals surface area contributed by atoms with Gasteiger partial charge in [-0.25, -0.2) is 4.98 Å². The van der Waals surface area contributed by atoms with E-state index < -0.39 is 22.5 Å². The fourth-order valence-electron chi connectivity index (χ4n) is 2.89. The molecule has 3 rings (SSSR count). The van der Waals surface area contributed by atoms with Gasteiger partial charge in [-0.3, -0.25) is 0 Å². The highest BCUT2D eigenvalue weighted by atomic mass is 32.2. The lowest BCUT2D eigenvalue weighted by Crippen LogP contribution is -2.27. The van der Waals surface area contributed by atoms with Gasteiger partial charge in [0.25, 0.3) is 0 Å². The minimum atomic E-state index is -1.99. The molecule has 0 saturated heterocycles. The van der Waals surface area contributed by atoms with Crippen LogP contribution < -0.4 is 22.4 Å². The van der Waals surface area contributed by atoms with E-state index in [4.69, 9.17) is 22.4 Å². The molecule has 0 aliphatic carbocycles. The molecule has 0 saturated carbocycles. The first-order chi connectivity index (χ1) is 13.0. The van der Waals surface area contributed by atoms with Crippen LogP contribution in [-0.2, 0) is 22.5 Å². The number of aromatic nitrogens is 2. The summed E-state index contributed by atoms with van der Waals surface area (Å²) in [5, 5.41) is 9.27. The Bertz CT molecular complexity index is 990. The molecule has 0 bridgehead atoms. The fourth-order valence-corrected chi connectivity index (χ4v) is 5.06. The predicted octanol–water partition coefficient (Wildman–Crippen LogP) is -0.143. The van der Waals surface area contributed by atoms with Crippen LogP contribution in [0.15, 0.2) is 51.6 Å². The second-order valence-corrected chi connectivity index (χ2v) is 8.11. The molecule has 0 radical (unpaired) electrons. The number of imidazole rings is 1. The van der Waals surface area contributed by atoms with Gasteiger partial charge in [-0.15, -0.1) is 5.14 Å². The Hall–Kier alpha value is -2.28. The van der Waals surface area contributed by atoms with Gasteiger partial charge in [0.1, 0.15) is 5.75 Å². The number of fused-ring (bicyclic) bond motifs is 1. The highest BCUT2D eigenvalue weighted by molar-refractivity contribution is 7.93. The largest absolute Gasteiger partial charge is 0.611 e. The summed E-state index contributed by atoms with van der Waals surface area (Å²) in [7, 11) is 0. The van der Waals surface area contributed by atoms with Crippen molar-refractivity contribution in [1.29, 1.82) is 0 Å². The molecule has 2 aromatic carbocycles. The van der Waals surface area contributed by atoms with Crippen molar-refractivity contribution in [2.45, 2.75) is 9.79 Å². The second-order valence-electron chi connectivity index (χ2n) is 5.57. The third-order valence-electron chi connectivity index (χ3n) is 4.01. The summed E-state index contributed by atoms with van der Waals surface area (Å²) in [6.45, 7) is 0.202. The predicted molar refractivity (Wildman–Crippen MR) is 107 cm³/mol. The first-order valence-electron chi connectivity index (χ1n) is 7.87. The fraction of sp³-hybridized carbons (Fsp3) is 0.125. The van der Waals surface area contributed by atoms with Crippen LogP contribution in [0.1, 0.15) is 5.56 Å². The van der Waals surface area contributed by atoms with Gasteiger partial charge in [0.15, 0.2) is 5.84 Å². The molecule has 0 amide bonds. The van der Waals surface area contributed by atoms with Gasteiger partial charge >= 0.3 is 0 Å². The normalized spacial score (nSPS) is 14.4. The SMILES string of the molecule is NCC[S+]([O-])c1ccc(-c2cccc3[nH]cnc23)c(/C(N)=N/N)c1[S+](N)[O-]. The minimum Gasteiger partial charge on any atom is -0.611 e. The van der Waals surface area contributed by atoms with Crippen LogP contribution in [-0.4, -0.2) is 37.2 Å². The number of hydrogen-bond acceptors (Lipinski definition) is 7. The molecular weight excluding hydrogens is 386 g/mol. The maximum Gasteiger partial charge on any atom is 0.239 e. The molecule has 0 aliphatic rings. The minimum absolute atomic E-state index is 0.0714. The lowest BCUT2D eigenvalue weighted by atomic mass is 9.97. The molecule has 2 unspecified atom stereocenters. The molecular formula is C16H19N7O2S2. The zero-order chi connectivity index (χ0) is 19.6. The molecule has 1 heterocycles. The van der Waals surface area contributed by atoms with E-state index in [9.17, 15) is 9.11 Å². The van der Waals surface area contributed by atoms with E-state index in [1.54, 1.807) is 18.5 Å². The summed E-state index contributed by atoms with van der Waals surface area (Å²) >= 11 is -3.48. The van der Waals surface area contributed by atoms with Crippen LogP contribution in [0.5, 0.6) is 0 Å². The van der Waals surface area contributed by atoms with Gasteiger partial charge in [-0.1, -0.05) is 12.1 Å². The van der Waals surface area contributed by atoms with Crippen LogP contribution in [0, 0.1) is 0 Å². The monoisotopic (exact) mass is 405 g/mol. The Morgan fingerprint density at radius 2 is 1.96 bits per heavy atom. The summed E-state index contributed by atoms with van der Waals surface area (Å²) in [5.74, 6) is 5.52. The zero-order valence-electron chi connectivity index (χ0n) is 14.2. The molecule has 2 atom stereocenters. The first kappa shape index (κ1) is 19.5. The summed E-state index contributed by atoms with van der Waals surface area (Å²) in [5.41, 5.74) is 14.6. The molecule has 142 valence electrons. The van der Waals surface area contributed by atoms with Crippen LogP contribution in [0.2, 0.25) is 0 Å². The van der Waals surface area contributed by atoms with Gasteiger partial charge in [-0.2, -0.15) is 5.10 Å².